The first-order valence-electron chi connectivity index (χ1n) is 10.2. The third-order valence-electron chi connectivity index (χ3n) is 4.72. The molecule has 6 nitrogen and oxygen atoms in total. The molecule has 0 unspecified atom stereocenters. The van der Waals surface area contributed by atoms with Crippen molar-refractivity contribution in [2.75, 3.05) is 18.1 Å². The third kappa shape index (κ3) is 6.24. The Kier molecular flexibility index (Phi) is 7.50. The minimum atomic E-state index is -0.990. The Morgan fingerprint density at radius 1 is 1.10 bits per heavy atom. The number of aromatic nitrogens is 1. The van der Waals surface area contributed by atoms with Crippen LogP contribution in [0.1, 0.15) is 44.6 Å². The number of ether oxygens (including phenoxy) is 1. The summed E-state index contributed by atoms with van der Waals surface area (Å²) < 4.78 is 11.3. The monoisotopic (exact) mass is 396 g/mol. The molecular formula is C23H28N2O4. The molecule has 3 rings (SSSR count). The molecule has 0 fully saturated rings. The molecule has 154 valence electrons. The summed E-state index contributed by atoms with van der Waals surface area (Å²) >= 11 is 0. The molecule has 0 bridgehead atoms. The number of anilines is 1. The van der Waals surface area contributed by atoms with Crippen molar-refractivity contribution in [1.82, 2.24) is 4.98 Å². The topological polar surface area (TPSA) is 75.8 Å². The summed E-state index contributed by atoms with van der Waals surface area (Å²) in [5.74, 6) is -0.444. The van der Waals surface area contributed by atoms with Gasteiger partial charge in [0.05, 0.1) is 0 Å². The largest absolute Gasteiger partial charge is 0.482 e. The van der Waals surface area contributed by atoms with E-state index >= 15 is 0 Å². The fourth-order valence-corrected chi connectivity index (χ4v) is 3.24. The molecular weight excluding hydrogens is 368 g/mol. The average molecular weight is 396 g/mol. The molecule has 0 saturated carbocycles. The lowest BCUT2D eigenvalue weighted by Crippen LogP contribution is -2.24. The van der Waals surface area contributed by atoms with Crippen molar-refractivity contribution in [3.63, 3.8) is 0 Å². The first-order chi connectivity index (χ1) is 14.2. The Hall–Kier alpha value is -3.02. The number of aliphatic carboxylic acids is 1. The number of nitrogens with zero attached hydrogens (tertiary/aromatic N) is 2. The first kappa shape index (κ1) is 20.7. The molecule has 29 heavy (non-hydrogen) atoms. The molecule has 6 heteroatoms. The zero-order chi connectivity index (χ0) is 20.5. The van der Waals surface area contributed by atoms with Gasteiger partial charge in [0.15, 0.2) is 12.2 Å². The zero-order valence-corrected chi connectivity index (χ0v) is 16.8. The van der Waals surface area contributed by atoms with Crippen LogP contribution in [0.2, 0.25) is 0 Å². The van der Waals surface area contributed by atoms with Gasteiger partial charge in [-0.05, 0) is 36.2 Å². The number of hydrogen-bond acceptors (Lipinski definition) is 5. The predicted octanol–water partition coefficient (Wildman–Crippen LogP) is 5.27. The number of benzene rings is 2. The van der Waals surface area contributed by atoms with Crippen LogP contribution in [0.4, 0.5) is 6.01 Å². The molecule has 0 amide bonds. The Bertz CT molecular complexity index is 889. The Morgan fingerprint density at radius 2 is 1.93 bits per heavy atom. The van der Waals surface area contributed by atoms with Gasteiger partial charge in [0, 0.05) is 13.1 Å². The van der Waals surface area contributed by atoms with Gasteiger partial charge < -0.3 is 19.2 Å². The lowest BCUT2D eigenvalue weighted by molar-refractivity contribution is -0.139. The van der Waals surface area contributed by atoms with Crippen LogP contribution in [0, 0.1) is 0 Å². The number of rotatable bonds is 12. The standard InChI is InChI=1S/C23H28N2O4/c1-2-3-4-5-8-14-25(23-24-20-12-6-7-13-21(20)29-23)16-18-10-9-11-19(15-18)28-17-22(26)27/h6-7,9-13,15H,2-5,8,14,16-17H2,1H3,(H,26,27). The van der Waals surface area contributed by atoms with E-state index < -0.39 is 5.97 Å². The van der Waals surface area contributed by atoms with Gasteiger partial charge in [0.1, 0.15) is 11.3 Å². The van der Waals surface area contributed by atoms with E-state index in [2.05, 4.69) is 16.8 Å². The molecule has 3 aromatic rings. The summed E-state index contributed by atoms with van der Waals surface area (Å²) in [7, 11) is 0. The number of carboxylic acid groups (broad SMARTS) is 1. The Labute approximate surface area is 171 Å². The van der Waals surface area contributed by atoms with Gasteiger partial charge in [-0.15, -0.1) is 0 Å². The second-order valence-corrected chi connectivity index (χ2v) is 7.13. The van der Waals surface area contributed by atoms with E-state index in [1.807, 2.05) is 42.5 Å². The van der Waals surface area contributed by atoms with Crippen LogP contribution < -0.4 is 9.64 Å². The highest BCUT2D eigenvalue weighted by Crippen LogP contribution is 2.24. The maximum Gasteiger partial charge on any atom is 0.341 e. The molecule has 0 atom stereocenters. The van der Waals surface area contributed by atoms with Crippen LogP contribution in [0.15, 0.2) is 52.9 Å². The summed E-state index contributed by atoms with van der Waals surface area (Å²) in [5.41, 5.74) is 2.64. The fourth-order valence-electron chi connectivity index (χ4n) is 3.24. The summed E-state index contributed by atoms with van der Waals surface area (Å²) in [4.78, 5) is 17.5. The van der Waals surface area contributed by atoms with Gasteiger partial charge in [-0.3, -0.25) is 0 Å². The van der Waals surface area contributed by atoms with Crippen LogP contribution in [0.25, 0.3) is 11.1 Å². The quantitative estimate of drug-likeness (QED) is 0.420. The highest BCUT2D eigenvalue weighted by molar-refractivity contribution is 5.74. The lowest BCUT2D eigenvalue weighted by Gasteiger charge is -2.21. The molecule has 2 aromatic carbocycles. The number of hydrogen-bond donors (Lipinski definition) is 1. The highest BCUT2D eigenvalue weighted by Gasteiger charge is 2.15. The van der Waals surface area contributed by atoms with Crippen LogP contribution in [-0.4, -0.2) is 29.2 Å². The Morgan fingerprint density at radius 3 is 2.72 bits per heavy atom. The molecule has 0 radical (unpaired) electrons. The van der Waals surface area contributed by atoms with Crippen LogP contribution in [0.3, 0.4) is 0 Å². The number of oxazole rings is 1. The zero-order valence-electron chi connectivity index (χ0n) is 16.8. The van der Waals surface area contributed by atoms with Gasteiger partial charge in [0.25, 0.3) is 6.01 Å². The minimum absolute atomic E-state index is 0.351. The normalized spacial score (nSPS) is 10.9. The van der Waals surface area contributed by atoms with Crippen LogP contribution in [-0.2, 0) is 11.3 Å². The summed E-state index contributed by atoms with van der Waals surface area (Å²) in [6.45, 7) is 3.32. The maximum atomic E-state index is 10.7. The van der Waals surface area contributed by atoms with Gasteiger partial charge in [-0.25, -0.2) is 4.79 Å². The van der Waals surface area contributed by atoms with Crippen molar-refractivity contribution in [1.29, 1.82) is 0 Å². The summed E-state index contributed by atoms with van der Waals surface area (Å²) in [6, 6.07) is 15.9. The van der Waals surface area contributed by atoms with E-state index in [0.29, 0.717) is 18.3 Å². The molecule has 0 spiro atoms. The van der Waals surface area contributed by atoms with Crippen LogP contribution >= 0.6 is 0 Å². The van der Waals surface area contributed by atoms with Crippen molar-refractivity contribution >= 4 is 23.1 Å². The van der Waals surface area contributed by atoms with Crippen molar-refractivity contribution in [2.24, 2.45) is 0 Å². The predicted molar refractivity (Wildman–Crippen MR) is 113 cm³/mol. The van der Waals surface area contributed by atoms with E-state index in [0.717, 1.165) is 29.6 Å². The highest BCUT2D eigenvalue weighted by atomic mass is 16.5. The van der Waals surface area contributed by atoms with Crippen molar-refractivity contribution < 1.29 is 19.1 Å². The molecule has 0 aliphatic carbocycles. The SMILES string of the molecule is CCCCCCCN(Cc1cccc(OCC(=O)O)c1)c1nc2ccccc2o1. The van der Waals surface area contributed by atoms with Gasteiger partial charge >= 0.3 is 5.97 Å². The van der Waals surface area contributed by atoms with Crippen molar-refractivity contribution in [2.45, 2.75) is 45.6 Å². The van der Waals surface area contributed by atoms with Crippen LogP contribution in [0.5, 0.6) is 5.75 Å². The molecule has 1 N–H and O–H groups in total. The molecule has 0 aliphatic heterocycles. The molecule has 0 saturated heterocycles. The van der Waals surface area contributed by atoms with E-state index in [9.17, 15) is 4.79 Å². The first-order valence-corrected chi connectivity index (χ1v) is 10.2. The molecule has 1 aromatic heterocycles. The number of para-hydroxylation sites is 2. The Balaban J connectivity index is 1.73. The number of carbonyl (C=O) groups is 1. The second kappa shape index (κ2) is 10.5. The fraction of sp³-hybridized carbons (Fsp3) is 0.391. The van der Waals surface area contributed by atoms with E-state index in [1.54, 1.807) is 6.07 Å². The van der Waals surface area contributed by atoms with E-state index in [4.69, 9.17) is 14.3 Å². The van der Waals surface area contributed by atoms with Crippen molar-refractivity contribution in [3.05, 3.63) is 54.1 Å². The van der Waals surface area contributed by atoms with E-state index in [1.165, 1.54) is 25.7 Å². The summed E-state index contributed by atoms with van der Waals surface area (Å²) in [5, 5.41) is 8.81. The smallest absolute Gasteiger partial charge is 0.341 e. The van der Waals surface area contributed by atoms with E-state index in [-0.39, 0.29) is 6.61 Å². The average Bonchev–Trinajstić information content (AvgIpc) is 3.16. The molecule has 0 aliphatic rings. The number of unbranched alkanes of at least 4 members (excludes halogenated alkanes) is 4. The minimum Gasteiger partial charge on any atom is -0.482 e. The summed E-state index contributed by atoms with van der Waals surface area (Å²) in [6.07, 6.45) is 5.94. The van der Waals surface area contributed by atoms with Gasteiger partial charge in [-0.2, -0.15) is 4.98 Å². The van der Waals surface area contributed by atoms with Gasteiger partial charge in [-0.1, -0.05) is 56.9 Å². The number of fused-ring (bicyclic) bond motifs is 1. The van der Waals surface area contributed by atoms with Gasteiger partial charge in [0.2, 0.25) is 0 Å². The third-order valence-corrected chi connectivity index (χ3v) is 4.72. The maximum absolute atomic E-state index is 10.7. The lowest BCUT2D eigenvalue weighted by atomic mass is 10.1. The van der Waals surface area contributed by atoms with Crippen molar-refractivity contribution in [3.8, 4) is 5.75 Å². The molecule has 1 heterocycles. The second-order valence-electron chi connectivity index (χ2n) is 7.13. The number of carboxylic acids is 1.